The van der Waals surface area contributed by atoms with Crippen LogP contribution in [0.25, 0.3) is 0 Å². The molecule has 1 amide bonds. The normalized spacial score (nSPS) is 44.2. The van der Waals surface area contributed by atoms with Gasteiger partial charge in [0.05, 0.1) is 37.5 Å². The lowest BCUT2D eigenvalue weighted by atomic mass is 9.62. The van der Waals surface area contributed by atoms with E-state index in [9.17, 15) is 18.7 Å². The average Bonchev–Trinajstić information content (AvgIpc) is 3.63. The van der Waals surface area contributed by atoms with Crippen molar-refractivity contribution in [3.8, 4) is 0 Å². The van der Waals surface area contributed by atoms with Crippen molar-refractivity contribution >= 4 is 6.09 Å². The molecular formula is C26H40F2N2O5. The van der Waals surface area contributed by atoms with Gasteiger partial charge in [0.15, 0.2) is 0 Å². The molecule has 5 fully saturated rings. The minimum absolute atomic E-state index is 0.0198. The Morgan fingerprint density at radius 1 is 1.26 bits per heavy atom. The molecule has 0 bridgehead atoms. The molecule has 1 spiro atoms. The molecule has 0 aromatic rings. The van der Waals surface area contributed by atoms with Crippen LogP contribution in [0.2, 0.25) is 0 Å². The molecule has 4 heterocycles. The van der Waals surface area contributed by atoms with Crippen LogP contribution in [0.5, 0.6) is 0 Å². The SMILES string of the molecule is CO[C@H]1[C@@H]([C@H]2[C@H](CCN3CC(F)(F)C3)CCN2C(=O)O)CCC2(CO2)[C@H]1[C@@]1(C)O[C@@H]1CC=C(C)C. The number of methoxy groups -OCH3 is 1. The van der Waals surface area contributed by atoms with E-state index in [1.54, 1.807) is 16.9 Å². The molecular weight excluding hydrogens is 458 g/mol. The molecule has 198 valence electrons. The minimum Gasteiger partial charge on any atom is -0.465 e. The van der Waals surface area contributed by atoms with Crippen LogP contribution in [0.4, 0.5) is 13.6 Å². The van der Waals surface area contributed by atoms with Gasteiger partial charge >= 0.3 is 6.09 Å². The van der Waals surface area contributed by atoms with Crippen LogP contribution in [0.15, 0.2) is 11.6 Å². The van der Waals surface area contributed by atoms with Crippen molar-refractivity contribution in [3.63, 3.8) is 0 Å². The first kappa shape index (κ1) is 25.4. The topological polar surface area (TPSA) is 78.1 Å². The van der Waals surface area contributed by atoms with Gasteiger partial charge in [0, 0.05) is 31.5 Å². The fraction of sp³-hybridized carbons (Fsp3) is 0.885. The van der Waals surface area contributed by atoms with Crippen molar-refractivity contribution in [2.45, 2.75) is 88.2 Å². The lowest BCUT2D eigenvalue weighted by molar-refractivity contribution is -0.132. The van der Waals surface area contributed by atoms with Gasteiger partial charge in [0.2, 0.25) is 0 Å². The first-order valence-corrected chi connectivity index (χ1v) is 13.1. The Kier molecular flexibility index (Phi) is 6.47. The van der Waals surface area contributed by atoms with Gasteiger partial charge in [-0.1, -0.05) is 11.6 Å². The summed E-state index contributed by atoms with van der Waals surface area (Å²) in [6, 6.07) is -0.184. The Balaban J connectivity index is 1.35. The number of allylic oxidation sites excluding steroid dienone is 1. The smallest absolute Gasteiger partial charge is 0.407 e. The van der Waals surface area contributed by atoms with Crippen LogP contribution in [0.1, 0.15) is 52.9 Å². The molecule has 4 aliphatic heterocycles. The number of epoxide rings is 2. The Labute approximate surface area is 206 Å². The number of alkyl halides is 2. The molecule has 1 saturated carbocycles. The Bertz CT molecular complexity index is 853. The van der Waals surface area contributed by atoms with E-state index in [0.29, 0.717) is 19.7 Å². The zero-order chi connectivity index (χ0) is 25.2. The fourth-order valence-electron chi connectivity index (χ4n) is 7.50. The van der Waals surface area contributed by atoms with Crippen LogP contribution in [-0.2, 0) is 14.2 Å². The molecule has 0 aromatic carbocycles. The quantitative estimate of drug-likeness (QED) is 0.402. The van der Waals surface area contributed by atoms with Gasteiger partial charge in [-0.3, -0.25) is 4.90 Å². The summed E-state index contributed by atoms with van der Waals surface area (Å²) < 4.78 is 45.2. The summed E-state index contributed by atoms with van der Waals surface area (Å²) in [6.07, 6.45) is 5.24. The van der Waals surface area contributed by atoms with Gasteiger partial charge in [-0.05, 0) is 65.3 Å². The molecule has 5 aliphatic rings. The zero-order valence-corrected chi connectivity index (χ0v) is 21.3. The number of amides is 1. The number of hydrogen-bond acceptors (Lipinski definition) is 5. The molecule has 8 atom stereocenters. The Morgan fingerprint density at radius 3 is 2.54 bits per heavy atom. The fourth-order valence-corrected chi connectivity index (χ4v) is 7.50. The minimum atomic E-state index is -2.58. The van der Waals surface area contributed by atoms with E-state index in [0.717, 1.165) is 32.1 Å². The van der Waals surface area contributed by atoms with Crippen LogP contribution >= 0.6 is 0 Å². The van der Waals surface area contributed by atoms with Gasteiger partial charge in [0.1, 0.15) is 5.60 Å². The highest BCUT2D eigenvalue weighted by molar-refractivity contribution is 5.66. The van der Waals surface area contributed by atoms with Gasteiger partial charge in [0.25, 0.3) is 5.92 Å². The highest BCUT2D eigenvalue weighted by Crippen LogP contribution is 2.61. The number of carbonyl (C=O) groups is 1. The van der Waals surface area contributed by atoms with Gasteiger partial charge in [-0.15, -0.1) is 0 Å². The maximum absolute atomic E-state index is 13.3. The molecule has 9 heteroatoms. The predicted octanol–water partition coefficient (Wildman–Crippen LogP) is 4.02. The summed E-state index contributed by atoms with van der Waals surface area (Å²) in [5, 5.41) is 10.0. The highest BCUT2D eigenvalue weighted by atomic mass is 19.3. The third-order valence-electron chi connectivity index (χ3n) is 9.34. The summed E-state index contributed by atoms with van der Waals surface area (Å²) in [4.78, 5) is 15.6. The van der Waals surface area contributed by atoms with Crippen molar-refractivity contribution in [2.24, 2.45) is 17.8 Å². The number of hydrogen-bond donors (Lipinski definition) is 1. The summed E-state index contributed by atoms with van der Waals surface area (Å²) in [6.45, 7) is 7.70. The van der Waals surface area contributed by atoms with Crippen LogP contribution < -0.4 is 0 Å². The zero-order valence-electron chi connectivity index (χ0n) is 21.3. The number of ether oxygens (including phenoxy) is 3. The molecule has 7 nitrogen and oxygen atoms in total. The molecule has 0 aromatic heterocycles. The third kappa shape index (κ3) is 4.62. The summed E-state index contributed by atoms with van der Waals surface area (Å²) in [5.41, 5.74) is 0.639. The van der Waals surface area contributed by atoms with Crippen LogP contribution in [0.3, 0.4) is 0 Å². The number of likely N-dealkylation sites (tertiary alicyclic amines) is 2. The Morgan fingerprint density at radius 2 is 1.97 bits per heavy atom. The lowest BCUT2D eigenvalue weighted by Gasteiger charge is -2.48. The summed E-state index contributed by atoms with van der Waals surface area (Å²) >= 11 is 0. The number of nitrogens with zero attached hydrogens (tertiary/aromatic N) is 2. The van der Waals surface area contributed by atoms with E-state index in [2.05, 4.69) is 26.8 Å². The highest BCUT2D eigenvalue weighted by Gasteiger charge is 2.72. The molecule has 0 radical (unpaired) electrons. The molecule has 5 rings (SSSR count). The van der Waals surface area contributed by atoms with Crippen molar-refractivity contribution in [1.82, 2.24) is 9.80 Å². The molecule has 4 saturated heterocycles. The molecule has 35 heavy (non-hydrogen) atoms. The van der Waals surface area contributed by atoms with Crippen LogP contribution in [0, 0.1) is 17.8 Å². The van der Waals surface area contributed by atoms with Crippen molar-refractivity contribution < 1.29 is 32.9 Å². The third-order valence-corrected chi connectivity index (χ3v) is 9.34. The summed E-state index contributed by atoms with van der Waals surface area (Å²) in [5.74, 6) is -2.40. The van der Waals surface area contributed by atoms with E-state index in [-0.39, 0.29) is 60.3 Å². The number of halogens is 2. The second-order valence-electron chi connectivity index (χ2n) is 11.9. The Hall–Kier alpha value is -1.29. The average molecular weight is 499 g/mol. The first-order chi connectivity index (χ1) is 16.5. The van der Waals surface area contributed by atoms with E-state index < -0.39 is 12.0 Å². The van der Waals surface area contributed by atoms with E-state index in [1.807, 2.05) is 0 Å². The number of rotatable bonds is 8. The predicted molar refractivity (Wildman–Crippen MR) is 126 cm³/mol. The first-order valence-electron chi connectivity index (χ1n) is 13.1. The number of carboxylic acid groups (broad SMARTS) is 1. The van der Waals surface area contributed by atoms with Gasteiger partial charge in [-0.2, -0.15) is 0 Å². The van der Waals surface area contributed by atoms with Gasteiger partial charge < -0.3 is 24.2 Å². The van der Waals surface area contributed by atoms with Crippen molar-refractivity contribution in [2.75, 3.05) is 39.9 Å². The van der Waals surface area contributed by atoms with Crippen molar-refractivity contribution in [3.05, 3.63) is 11.6 Å². The van der Waals surface area contributed by atoms with Gasteiger partial charge in [-0.25, -0.2) is 13.6 Å². The van der Waals surface area contributed by atoms with Crippen molar-refractivity contribution in [1.29, 1.82) is 0 Å². The lowest BCUT2D eigenvalue weighted by Crippen LogP contribution is -2.59. The second kappa shape index (κ2) is 8.92. The van der Waals surface area contributed by atoms with Crippen LogP contribution in [-0.4, -0.2) is 96.3 Å². The summed E-state index contributed by atoms with van der Waals surface area (Å²) in [7, 11) is 1.72. The molecule has 1 N–H and O–H groups in total. The standard InChI is InChI=1S/C26H40F2N2O5/c1-16(2)5-6-19-24(3,35-19)22-21(33-4)18(7-10-25(22)15-34-25)20-17(9-12-30(20)23(31)32)8-11-29-13-26(27,28)14-29/h5,17-22H,6-15H2,1-4H3,(H,31,32)/t17-,18-,19-,20-,21+,22-,24+,25?/m1/s1. The van der Waals surface area contributed by atoms with E-state index in [4.69, 9.17) is 14.2 Å². The monoisotopic (exact) mass is 498 g/mol. The van der Waals surface area contributed by atoms with E-state index in [1.165, 1.54) is 5.57 Å². The largest absolute Gasteiger partial charge is 0.465 e. The molecule has 1 unspecified atom stereocenters. The second-order valence-corrected chi connectivity index (χ2v) is 11.9. The maximum atomic E-state index is 13.3. The maximum Gasteiger partial charge on any atom is 0.407 e. The molecule has 1 aliphatic carbocycles. The van der Waals surface area contributed by atoms with E-state index >= 15 is 0 Å².